The number of rotatable bonds is 5. The highest BCUT2D eigenvalue weighted by Gasteiger charge is 2.19. The highest BCUT2D eigenvalue weighted by Crippen LogP contribution is 2.32. The first-order valence-corrected chi connectivity index (χ1v) is 7.67. The lowest BCUT2D eigenvalue weighted by Crippen LogP contribution is -2.23. The summed E-state index contributed by atoms with van der Waals surface area (Å²) in [6.45, 7) is 2.11. The average molecular weight is 325 g/mol. The quantitative estimate of drug-likeness (QED) is 0.756. The van der Waals surface area contributed by atoms with E-state index in [1.807, 2.05) is 43.3 Å². The van der Waals surface area contributed by atoms with E-state index in [9.17, 15) is 9.90 Å². The summed E-state index contributed by atoms with van der Waals surface area (Å²) in [6, 6.07) is 13.0. The Kier molecular flexibility index (Phi) is 4.53. The van der Waals surface area contributed by atoms with Gasteiger partial charge in [-0.15, -0.1) is 0 Å². The molecular weight excluding hydrogens is 306 g/mol. The van der Waals surface area contributed by atoms with Crippen LogP contribution in [0.3, 0.4) is 0 Å². The lowest BCUT2D eigenvalue weighted by molar-refractivity contribution is 0.0924. The number of hydrogen-bond acceptors (Lipinski definition) is 4. The smallest absolute Gasteiger partial charge is 0.287 e. The van der Waals surface area contributed by atoms with Crippen molar-refractivity contribution in [1.82, 2.24) is 5.32 Å². The molecule has 0 radical (unpaired) electrons. The summed E-state index contributed by atoms with van der Waals surface area (Å²) in [5.74, 6) is 0.578. The summed E-state index contributed by atoms with van der Waals surface area (Å²) in [6.07, 6.45) is 0. The van der Waals surface area contributed by atoms with E-state index < -0.39 is 0 Å². The van der Waals surface area contributed by atoms with Gasteiger partial charge < -0.3 is 19.6 Å². The maximum Gasteiger partial charge on any atom is 0.287 e. The van der Waals surface area contributed by atoms with Crippen molar-refractivity contribution in [2.24, 2.45) is 0 Å². The Morgan fingerprint density at radius 3 is 2.62 bits per heavy atom. The molecule has 0 saturated carbocycles. The van der Waals surface area contributed by atoms with Crippen LogP contribution in [0.4, 0.5) is 0 Å². The van der Waals surface area contributed by atoms with Gasteiger partial charge in [-0.1, -0.05) is 36.4 Å². The van der Waals surface area contributed by atoms with Crippen LogP contribution < -0.4 is 10.1 Å². The maximum atomic E-state index is 12.5. The third-order valence-corrected chi connectivity index (χ3v) is 4.08. The Labute approximate surface area is 139 Å². The molecule has 2 aromatic carbocycles. The van der Waals surface area contributed by atoms with Gasteiger partial charge in [0.2, 0.25) is 0 Å². The number of aliphatic hydroxyl groups is 1. The van der Waals surface area contributed by atoms with Crippen molar-refractivity contribution < 1.29 is 19.1 Å². The first kappa shape index (κ1) is 16.1. The van der Waals surface area contributed by atoms with E-state index in [2.05, 4.69) is 5.32 Å². The van der Waals surface area contributed by atoms with Gasteiger partial charge in [0.15, 0.2) is 17.1 Å². The van der Waals surface area contributed by atoms with Crippen molar-refractivity contribution >= 4 is 16.9 Å². The summed E-state index contributed by atoms with van der Waals surface area (Å²) in [4.78, 5) is 12.5. The topological polar surface area (TPSA) is 71.7 Å². The molecule has 124 valence electrons. The second-order valence-corrected chi connectivity index (χ2v) is 5.50. The number of aliphatic hydroxyl groups excluding tert-OH is 1. The number of methoxy groups -OCH3 is 1. The largest absolute Gasteiger partial charge is 0.493 e. The van der Waals surface area contributed by atoms with Crippen LogP contribution in [0.1, 0.15) is 27.2 Å². The molecule has 0 unspecified atom stereocenters. The van der Waals surface area contributed by atoms with E-state index in [1.54, 1.807) is 13.2 Å². The molecule has 0 aliphatic rings. The molecular formula is C19H19NO4. The Morgan fingerprint density at radius 2 is 1.92 bits per heavy atom. The minimum atomic E-state index is -0.293. The fourth-order valence-electron chi connectivity index (χ4n) is 2.73. The summed E-state index contributed by atoms with van der Waals surface area (Å²) >= 11 is 0. The first-order chi connectivity index (χ1) is 11.7. The fraction of sp³-hybridized carbons (Fsp3) is 0.211. The van der Waals surface area contributed by atoms with Gasteiger partial charge in [-0.05, 0) is 24.1 Å². The van der Waals surface area contributed by atoms with Crippen LogP contribution in [0.25, 0.3) is 11.0 Å². The number of carbonyl (C=O) groups is 1. The highest BCUT2D eigenvalue weighted by atomic mass is 16.5. The van der Waals surface area contributed by atoms with Crippen molar-refractivity contribution in [3.05, 3.63) is 64.9 Å². The molecule has 24 heavy (non-hydrogen) atoms. The normalized spacial score (nSPS) is 10.8. The summed E-state index contributed by atoms with van der Waals surface area (Å²) in [5.41, 5.74) is 3.01. The van der Waals surface area contributed by atoms with Crippen LogP contribution in [0.2, 0.25) is 0 Å². The second-order valence-electron chi connectivity index (χ2n) is 5.50. The van der Waals surface area contributed by atoms with Gasteiger partial charge >= 0.3 is 0 Å². The van der Waals surface area contributed by atoms with Gasteiger partial charge in [-0.3, -0.25) is 4.79 Å². The predicted molar refractivity (Wildman–Crippen MR) is 91.0 cm³/mol. The van der Waals surface area contributed by atoms with Crippen LogP contribution in [-0.4, -0.2) is 18.1 Å². The lowest BCUT2D eigenvalue weighted by Gasteiger charge is -2.08. The molecule has 5 nitrogen and oxygen atoms in total. The number of fused-ring (bicyclic) bond motifs is 1. The van der Waals surface area contributed by atoms with Gasteiger partial charge in [-0.25, -0.2) is 0 Å². The monoisotopic (exact) mass is 325 g/mol. The predicted octanol–water partition coefficient (Wildman–Crippen LogP) is 3.17. The van der Waals surface area contributed by atoms with Crippen molar-refractivity contribution in [1.29, 1.82) is 0 Å². The van der Waals surface area contributed by atoms with E-state index >= 15 is 0 Å². The summed E-state index contributed by atoms with van der Waals surface area (Å²) in [7, 11) is 1.57. The van der Waals surface area contributed by atoms with Crippen molar-refractivity contribution in [3.63, 3.8) is 0 Å². The van der Waals surface area contributed by atoms with Gasteiger partial charge in [0.05, 0.1) is 13.7 Å². The molecule has 0 atom stereocenters. The number of furan rings is 1. The zero-order valence-electron chi connectivity index (χ0n) is 13.6. The number of amides is 1. The van der Waals surface area contributed by atoms with Crippen LogP contribution in [0.5, 0.6) is 5.75 Å². The summed E-state index contributed by atoms with van der Waals surface area (Å²) < 4.78 is 11.0. The summed E-state index contributed by atoms with van der Waals surface area (Å²) in [5, 5.41) is 13.1. The number of benzene rings is 2. The third kappa shape index (κ3) is 2.86. The Bertz CT molecular complexity index is 882. The molecule has 3 rings (SSSR count). The van der Waals surface area contributed by atoms with E-state index in [4.69, 9.17) is 9.15 Å². The van der Waals surface area contributed by atoms with E-state index in [-0.39, 0.29) is 18.3 Å². The molecule has 1 amide bonds. The molecule has 0 saturated heterocycles. The zero-order chi connectivity index (χ0) is 17.1. The van der Waals surface area contributed by atoms with Crippen LogP contribution in [0, 0.1) is 6.92 Å². The zero-order valence-corrected chi connectivity index (χ0v) is 13.6. The third-order valence-electron chi connectivity index (χ3n) is 4.08. The van der Waals surface area contributed by atoms with Gasteiger partial charge in [0, 0.05) is 17.5 Å². The molecule has 0 aliphatic carbocycles. The minimum absolute atomic E-state index is 0.0626. The molecule has 3 aromatic rings. The van der Waals surface area contributed by atoms with Crippen molar-refractivity contribution in [2.75, 3.05) is 7.11 Å². The SMILES string of the molecule is COc1cccc2c(C)c(C(=O)NCc3ccccc3CO)oc12. The second kappa shape index (κ2) is 6.76. The first-order valence-electron chi connectivity index (χ1n) is 7.67. The van der Waals surface area contributed by atoms with Gasteiger partial charge in [0.25, 0.3) is 5.91 Å². The van der Waals surface area contributed by atoms with Gasteiger partial charge in [0.1, 0.15) is 0 Å². The molecule has 0 bridgehead atoms. The number of ether oxygens (including phenoxy) is 1. The molecule has 5 heteroatoms. The molecule has 0 aliphatic heterocycles. The lowest BCUT2D eigenvalue weighted by atomic mass is 10.1. The number of nitrogens with one attached hydrogen (secondary N) is 1. The number of para-hydroxylation sites is 1. The molecule has 0 spiro atoms. The van der Waals surface area contributed by atoms with Gasteiger partial charge in [-0.2, -0.15) is 0 Å². The highest BCUT2D eigenvalue weighted by molar-refractivity contribution is 6.00. The maximum absolute atomic E-state index is 12.5. The Morgan fingerprint density at radius 1 is 1.17 bits per heavy atom. The van der Waals surface area contributed by atoms with Crippen LogP contribution in [-0.2, 0) is 13.2 Å². The number of hydrogen-bond donors (Lipinski definition) is 2. The fourth-order valence-corrected chi connectivity index (χ4v) is 2.73. The molecule has 1 aromatic heterocycles. The van der Waals surface area contributed by atoms with E-state index in [0.29, 0.717) is 17.9 Å². The standard InChI is InChI=1S/C19H19NO4/c1-12-15-8-5-9-16(23-2)18(15)24-17(12)19(22)20-10-13-6-3-4-7-14(13)11-21/h3-9,21H,10-11H2,1-2H3,(H,20,22). The molecule has 1 heterocycles. The Hall–Kier alpha value is -2.79. The van der Waals surface area contributed by atoms with Crippen molar-refractivity contribution in [2.45, 2.75) is 20.1 Å². The van der Waals surface area contributed by atoms with Crippen LogP contribution in [0.15, 0.2) is 46.9 Å². The van der Waals surface area contributed by atoms with E-state index in [1.165, 1.54) is 0 Å². The van der Waals surface area contributed by atoms with Crippen molar-refractivity contribution in [3.8, 4) is 5.75 Å². The number of aryl methyl sites for hydroxylation is 1. The average Bonchev–Trinajstić information content (AvgIpc) is 2.97. The minimum Gasteiger partial charge on any atom is -0.493 e. The Balaban J connectivity index is 1.85. The molecule has 2 N–H and O–H groups in total. The van der Waals surface area contributed by atoms with E-state index in [0.717, 1.165) is 22.1 Å². The number of carbonyl (C=O) groups excluding carboxylic acids is 1. The molecule has 0 fully saturated rings. The van der Waals surface area contributed by atoms with Crippen LogP contribution >= 0.6 is 0 Å².